The predicted molar refractivity (Wildman–Crippen MR) is 126 cm³/mol. The molecule has 4 fully saturated rings. The minimum atomic E-state index is -0.0768. The van der Waals surface area contributed by atoms with E-state index in [4.69, 9.17) is 0 Å². The molecule has 0 radical (unpaired) electrons. The Morgan fingerprint density at radius 2 is 1.73 bits per heavy atom. The predicted octanol–water partition coefficient (Wildman–Crippen LogP) is 7.78. The Bertz CT molecular complexity index is 686. The summed E-state index contributed by atoms with van der Waals surface area (Å²) >= 11 is 0. The number of hydrogen-bond acceptors (Lipinski definition) is 1. The van der Waals surface area contributed by atoms with Crippen molar-refractivity contribution in [3.63, 3.8) is 0 Å². The van der Waals surface area contributed by atoms with E-state index in [1.807, 2.05) is 0 Å². The summed E-state index contributed by atoms with van der Waals surface area (Å²) in [7, 11) is 0. The number of fused-ring (bicyclic) bond motifs is 5. The van der Waals surface area contributed by atoms with E-state index in [9.17, 15) is 5.11 Å². The molecule has 0 heterocycles. The standard InChI is InChI=1S/C29H48O/c1-19(2)29(16-17-29)15-10-20(3)24-8-9-25-23-7-6-21-18-22(30)11-13-27(21,4)26(23)12-14-28(24,25)5/h6,19-20,22-26,30H,7-18H2,1-5H3/t20-,22+,23+,24-,25+,26+,27+,28-/m1/s1. The van der Waals surface area contributed by atoms with Crippen molar-refractivity contribution in [2.75, 3.05) is 0 Å². The molecule has 1 N–H and O–H groups in total. The highest BCUT2D eigenvalue weighted by Crippen LogP contribution is 2.67. The van der Waals surface area contributed by atoms with Gasteiger partial charge in [-0.3, -0.25) is 0 Å². The molecule has 1 nitrogen and oxygen atoms in total. The number of aliphatic hydroxyl groups excluding tert-OH is 1. The molecule has 0 amide bonds. The molecule has 5 aliphatic carbocycles. The topological polar surface area (TPSA) is 20.2 Å². The molecule has 0 spiro atoms. The van der Waals surface area contributed by atoms with Crippen LogP contribution in [0, 0.1) is 51.8 Å². The van der Waals surface area contributed by atoms with Gasteiger partial charge in [-0.25, -0.2) is 0 Å². The summed E-state index contributed by atoms with van der Waals surface area (Å²) < 4.78 is 0. The van der Waals surface area contributed by atoms with Crippen molar-refractivity contribution >= 4 is 0 Å². The van der Waals surface area contributed by atoms with Crippen molar-refractivity contribution in [3.8, 4) is 0 Å². The number of hydrogen-bond donors (Lipinski definition) is 1. The first-order valence-electron chi connectivity index (χ1n) is 13.6. The van der Waals surface area contributed by atoms with Crippen molar-refractivity contribution in [2.24, 2.45) is 51.8 Å². The third-order valence-electron chi connectivity index (χ3n) is 12.1. The van der Waals surface area contributed by atoms with Crippen LogP contribution < -0.4 is 0 Å². The summed E-state index contributed by atoms with van der Waals surface area (Å²) in [4.78, 5) is 0. The van der Waals surface area contributed by atoms with Gasteiger partial charge in [-0.1, -0.05) is 46.3 Å². The van der Waals surface area contributed by atoms with Gasteiger partial charge in [-0.2, -0.15) is 0 Å². The van der Waals surface area contributed by atoms with E-state index in [0.29, 0.717) is 10.8 Å². The zero-order chi connectivity index (χ0) is 21.3. The highest BCUT2D eigenvalue weighted by molar-refractivity contribution is 5.25. The number of rotatable bonds is 5. The maximum atomic E-state index is 10.3. The summed E-state index contributed by atoms with van der Waals surface area (Å²) in [6.45, 7) is 12.8. The lowest BCUT2D eigenvalue weighted by Crippen LogP contribution is -2.50. The molecular formula is C29H48O. The highest BCUT2D eigenvalue weighted by atomic mass is 16.3. The monoisotopic (exact) mass is 412 g/mol. The molecule has 8 atom stereocenters. The Hall–Kier alpha value is -0.300. The lowest BCUT2D eigenvalue weighted by atomic mass is 9.47. The molecule has 0 aliphatic heterocycles. The van der Waals surface area contributed by atoms with Gasteiger partial charge in [-0.05, 0) is 129 Å². The summed E-state index contributed by atoms with van der Waals surface area (Å²) in [5.41, 5.74) is 3.32. The molecule has 0 bridgehead atoms. The van der Waals surface area contributed by atoms with E-state index in [-0.39, 0.29) is 6.10 Å². The van der Waals surface area contributed by atoms with Crippen molar-refractivity contribution in [1.82, 2.24) is 0 Å². The number of allylic oxidation sites excluding steroid dienone is 1. The maximum absolute atomic E-state index is 10.3. The zero-order valence-corrected chi connectivity index (χ0v) is 20.6. The Kier molecular flexibility index (Phi) is 5.28. The van der Waals surface area contributed by atoms with Crippen molar-refractivity contribution in [3.05, 3.63) is 11.6 Å². The van der Waals surface area contributed by atoms with Crippen molar-refractivity contribution in [2.45, 2.75) is 118 Å². The second-order valence-corrected chi connectivity index (χ2v) is 13.4. The van der Waals surface area contributed by atoms with E-state index in [0.717, 1.165) is 53.8 Å². The first kappa shape index (κ1) is 21.5. The maximum Gasteiger partial charge on any atom is 0.0577 e. The molecule has 5 rings (SSSR count). The first-order valence-corrected chi connectivity index (χ1v) is 13.6. The summed E-state index contributed by atoms with van der Waals surface area (Å²) in [6, 6.07) is 0. The minimum absolute atomic E-state index is 0.0768. The third kappa shape index (κ3) is 3.19. The van der Waals surface area contributed by atoms with E-state index in [2.05, 4.69) is 40.7 Å². The van der Waals surface area contributed by atoms with Gasteiger partial charge in [0.15, 0.2) is 0 Å². The van der Waals surface area contributed by atoms with Crippen LogP contribution in [0.1, 0.15) is 112 Å². The molecule has 170 valence electrons. The van der Waals surface area contributed by atoms with Crippen LogP contribution in [0.15, 0.2) is 11.6 Å². The quantitative estimate of drug-likeness (QED) is 0.457. The van der Waals surface area contributed by atoms with Crippen LogP contribution in [0.25, 0.3) is 0 Å². The second-order valence-electron chi connectivity index (χ2n) is 13.4. The van der Waals surface area contributed by atoms with Gasteiger partial charge in [-0.15, -0.1) is 0 Å². The van der Waals surface area contributed by atoms with Crippen LogP contribution in [0.3, 0.4) is 0 Å². The summed E-state index contributed by atoms with van der Waals surface area (Å²) in [5, 5.41) is 10.3. The first-order chi connectivity index (χ1) is 14.2. The summed E-state index contributed by atoms with van der Waals surface area (Å²) in [6.07, 6.45) is 18.9. The van der Waals surface area contributed by atoms with Gasteiger partial charge in [0.25, 0.3) is 0 Å². The second kappa shape index (κ2) is 7.36. The van der Waals surface area contributed by atoms with Gasteiger partial charge in [0.1, 0.15) is 0 Å². The van der Waals surface area contributed by atoms with E-state index >= 15 is 0 Å². The Labute approximate surface area is 186 Å². The fourth-order valence-corrected chi connectivity index (χ4v) is 9.61. The van der Waals surface area contributed by atoms with Gasteiger partial charge in [0, 0.05) is 0 Å². The zero-order valence-electron chi connectivity index (χ0n) is 20.6. The molecule has 0 unspecified atom stereocenters. The third-order valence-corrected chi connectivity index (χ3v) is 12.1. The molecule has 30 heavy (non-hydrogen) atoms. The highest BCUT2D eigenvalue weighted by Gasteiger charge is 2.59. The van der Waals surface area contributed by atoms with Gasteiger partial charge in [0.2, 0.25) is 0 Å². The van der Waals surface area contributed by atoms with Crippen LogP contribution in [0.4, 0.5) is 0 Å². The Morgan fingerprint density at radius 1 is 0.967 bits per heavy atom. The lowest BCUT2D eigenvalue weighted by molar-refractivity contribution is -0.0576. The van der Waals surface area contributed by atoms with E-state index in [1.54, 1.807) is 5.57 Å². The van der Waals surface area contributed by atoms with Crippen LogP contribution in [0.2, 0.25) is 0 Å². The van der Waals surface area contributed by atoms with Crippen LogP contribution in [-0.4, -0.2) is 11.2 Å². The smallest absolute Gasteiger partial charge is 0.0577 e. The fourth-order valence-electron chi connectivity index (χ4n) is 9.61. The van der Waals surface area contributed by atoms with E-state index < -0.39 is 0 Å². The molecule has 0 aromatic rings. The Balaban J connectivity index is 1.30. The summed E-state index contributed by atoms with van der Waals surface area (Å²) in [5.74, 6) is 5.49. The van der Waals surface area contributed by atoms with Gasteiger partial charge in [0.05, 0.1) is 6.10 Å². The molecule has 0 aromatic heterocycles. The largest absolute Gasteiger partial charge is 0.393 e. The minimum Gasteiger partial charge on any atom is -0.393 e. The molecule has 5 aliphatic rings. The normalized spacial score (nSPS) is 47.8. The molecular weight excluding hydrogens is 364 g/mol. The van der Waals surface area contributed by atoms with Crippen molar-refractivity contribution < 1.29 is 5.11 Å². The average molecular weight is 413 g/mol. The van der Waals surface area contributed by atoms with Crippen LogP contribution in [-0.2, 0) is 0 Å². The lowest BCUT2D eigenvalue weighted by Gasteiger charge is -2.58. The average Bonchev–Trinajstić information content (AvgIpc) is 3.42. The molecule has 0 saturated heterocycles. The molecule has 0 aromatic carbocycles. The molecule has 1 heteroatoms. The van der Waals surface area contributed by atoms with Crippen LogP contribution >= 0.6 is 0 Å². The van der Waals surface area contributed by atoms with E-state index in [1.165, 1.54) is 64.2 Å². The number of aliphatic hydroxyl groups is 1. The van der Waals surface area contributed by atoms with Gasteiger partial charge >= 0.3 is 0 Å². The molecule has 4 saturated carbocycles. The fraction of sp³-hybridized carbons (Fsp3) is 0.931. The SMILES string of the molecule is CC(C)C1(CC[C@@H](C)[C@H]2CC[C@H]3[C@@H]4CC=C5C[C@@H](O)CC[C@]5(C)[C@H]4CC[C@]23C)CC1. The van der Waals surface area contributed by atoms with Crippen LogP contribution in [0.5, 0.6) is 0 Å². The van der Waals surface area contributed by atoms with Gasteiger partial charge < -0.3 is 5.11 Å². The van der Waals surface area contributed by atoms with Crippen molar-refractivity contribution in [1.29, 1.82) is 0 Å². The Morgan fingerprint density at radius 3 is 2.43 bits per heavy atom.